The molecular weight excluding hydrogens is 442 g/mol. The topological polar surface area (TPSA) is 93.1 Å². The maximum atomic E-state index is 13.7. The second-order valence-corrected chi connectivity index (χ2v) is 9.77. The summed E-state index contributed by atoms with van der Waals surface area (Å²) in [5.41, 5.74) is 2.84. The van der Waals surface area contributed by atoms with Gasteiger partial charge in [0.1, 0.15) is 17.6 Å². The lowest BCUT2D eigenvalue weighted by Gasteiger charge is -2.35. The summed E-state index contributed by atoms with van der Waals surface area (Å²) in [5.74, 6) is 0.108. The number of aryl methyl sites for hydroxylation is 1. The molecule has 33 heavy (non-hydrogen) atoms. The molecule has 1 N–H and O–H groups in total. The number of methoxy groups -OCH3 is 1. The fourth-order valence-corrected chi connectivity index (χ4v) is 5.53. The van der Waals surface area contributed by atoms with Crippen molar-refractivity contribution in [2.24, 2.45) is 0 Å². The van der Waals surface area contributed by atoms with E-state index in [0.29, 0.717) is 17.2 Å². The van der Waals surface area contributed by atoms with Gasteiger partial charge in [0.15, 0.2) is 0 Å². The minimum atomic E-state index is -3.91. The Morgan fingerprint density at radius 3 is 2.64 bits per heavy atom. The molecule has 1 aliphatic rings. The van der Waals surface area contributed by atoms with Gasteiger partial charge in [-0.2, -0.15) is 0 Å². The summed E-state index contributed by atoms with van der Waals surface area (Å²) in [6.45, 7) is 1.85. The molecule has 0 amide bonds. The zero-order chi connectivity index (χ0) is 23.6. The van der Waals surface area contributed by atoms with Crippen LogP contribution >= 0.6 is 0 Å². The number of para-hydroxylation sites is 1. The third-order valence-corrected chi connectivity index (χ3v) is 7.34. The van der Waals surface area contributed by atoms with Gasteiger partial charge in [-0.25, -0.2) is 8.42 Å². The van der Waals surface area contributed by atoms with Gasteiger partial charge in [0.25, 0.3) is 10.0 Å². The molecule has 0 unspecified atom stereocenters. The summed E-state index contributed by atoms with van der Waals surface area (Å²) in [7, 11) is -2.32. The van der Waals surface area contributed by atoms with Crippen LogP contribution in [0, 0.1) is 6.92 Å². The van der Waals surface area contributed by atoms with E-state index in [1.165, 1.54) is 4.31 Å². The number of sulfonamides is 1. The molecule has 1 atom stereocenters. The number of anilines is 1. The van der Waals surface area contributed by atoms with Gasteiger partial charge in [-0.1, -0.05) is 36.4 Å². The first kappa shape index (κ1) is 22.7. The van der Waals surface area contributed by atoms with Crippen LogP contribution < -0.4 is 13.8 Å². The Labute approximate surface area is 193 Å². The molecule has 4 rings (SSSR count). The van der Waals surface area contributed by atoms with E-state index >= 15 is 0 Å². The lowest BCUT2D eigenvalue weighted by Crippen LogP contribution is -2.43. The fraction of sp³-hybridized carbons (Fsp3) is 0.240. The number of carboxylic acids is 1. The van der Waals surface area contributed by atoms with Gasteiger partial charge < -0.3 is 14.6 Å². The first-order valence-corrected chi connectivity index (χ1v) is 12.0. The molecule has 0 spiro atoms. The molecule has 1 aliphatic heterocycles. The van der Waals surface area contributed by atoms with E-state index in [1.54, 1.807) is 37.4 Å². The Kier molecular flexibility index (Phi) is 6.29. The van der Waals surface area contributed by atoms with Crippen LogP contribution in [0.3, 0.4) is 0 Å². The van der Waals surface area contributed by atoms with Gasteiger partial charge in [0, 0.05) is 12.0 Å². The number of benzene rings is 3. The Balaban J connectivity index is 1.82. The van der Waals surface area contributed by atoms with Crippen LogP contribution in [0.2, 0.25) is 0 Å². The Morgan fingerprint density at radius 2 is 1.91 bits per heavy atom. The van der Waals surface area contributed by atoms with Crippen molar-refractivity contribution < 1.29 is 27.8 Å². The van der Waals surface area contributed by atoms with Gasteiger partial charge in [-0.15, -0.1) is 0 Å². The number of carbonyl (C=O) groups is 1. The number of hydrogen-bond donors (Lipinski definition) is 1. The highest BCUT2D eigenvalue weighted by atomic mass is 32.2. The van der Waals surface area contributed by atoms with Crippen molar-refractivity contribution in [2.45, 2.75) is 30.8 Å². The summed E-state index contributed by atoms with van der Waals surface area (Å²) in [5, 5.41) is 9.09. The second kappa shape index (κ2) is 9.15. The lowest BCUT2D eigenvalue weighted by molar-refractivity contribution is -0.137. The minimum absolute atomic E-state index is 0.0198. The quantitative estimate of drug-likeness (QED) is 0.550. The zero-order valence-corrected chi connectivity index (χ0v) is 19.2. The van der Waals surface area contributed by atoms with Crippen molar-refractivity contribution >= 4 is 21.7 Å². The third kappa shape index (κ3) is 4.66. The summed E-state index contributed by atoms with van der Waals surface area (Å²) in [6, 6.07) is 19.6. The van der Waals surface area contributed by atoms with E-state index in [-0.39, 0.29) is 24.3 Å². The number of carboxylic acid groups (broad SMARTS) is 1. The zero-order valence-electron chi connectivity index (χ0n) is 18.4. The van der Waals surface area contributed by atoms with E-state index in [1.807, 2.05) is 43.3 Å². The summed E-state index contributed by atoms with van der Waals surface area (Å²) in [4.78, 5) is 11.3. The molecule has 0 radical (unpaired) electrons. The standard InChI is InChI=1S/C25H25NO6S/c1-17-6-5-7-20(14-17)33(29,30)26-16-19(11-13-25(27)28)32-24-12-10-18(15-22(24)26)21-8-3-4-9-23(21)31-2/h3-10,12,14-15,19H,11,13,16H2,1-2H3,(H,27,28)/t19-/m0/s1. The van der Waals surface area contributed by atoms with E-state index in [0.717, 1.165) is 16.7 Å². The first-order chi connectivity index (χ1) is 15.8. The van der Waals surface area contributed by atoms with Gasteiger partial charge in [0.05, 0.1) is 24.2 Å². The van der Waals surface area contributed by atoms with Crippen molar-refractivity contribution in [3.05, 3.63) is 72.3 Å². The predicted octanol–water partition coefficient (Wildman–Crippen LogP) is 4.49. The van der Waals surface area contributed by atoms with E-state index in [2.05, 4.69) is 0 Å². The van der Waals surface area contributed by atoms with Gasteiger partial charge in [0.2, 0.25) is 0 Å². The number of hydrogen-bond acceptors (Lipinski definition) is 5. The normalized spacial score (nSPS) is 15.5. The Bertz CT molecular complexity index is 1290. The number of aliphatic carboxylic acids is 1. The number of ether oxygens (including phenoxy) is 2. The van der Waals surface area contributed by atoms with E-state index in [4.69, 9.17) is 14.6 Å². The van der Waals surface area contributed by atoms with E-state index < -0.39 is 22.1 Å². The smallest absolute Gasteiger partial charge is 0.303 e. The molecule has 0 saturated heterocycles. The molecule has 1 heterocycles. The molecule has 0 bridgehead atoms. The first-order valence-electron chi connectivity index (χ1n) is 10.5. The monoisotopic (exact) mass is 467 g/mol. The van der Waals surface area contributed by atoms with Crippen LogP contribution in [-0.4, -0.2) is 39.3 Å². The maximum Gasteiger partial charge on any atom is 0.303 e. The summed E-state index contributed by atoms with van der Waals surface area (Å²) in [6.07, 6.45) is -0.495. The maximum absolute atomic E-state index is 13.7. The van der Waals surface area contributed by atoms with Crippen molar-refractivity contribution in [3.8, 4) is 22.6 Å². The molecule has 0 fully saturated rings. The Morgan fingerprint density at radius 1 is 1.12 bits per heavy atom. The summed E-state index contributed by atoms with van der Waals surface area (Å²) < 4.78 is 40.2. The van der Waals surface area contributed by atoms with Crippen LogP contribution in [0.15, 0.2) is 71.6 Å². The molecule has 172 valence electrons. The van der Waals surface area contributed by atoms with Crippen LogP contribution in [0.5, 0.6) is 11.5 Å². The molecule has 7 nitrogen and oxygen atoms in total. The highest BCUT2D eigenvalue weighted by Crippen LogP contribution is 2.42. The molecule has 8 heteroatoms. The molecule has 0 aliphatic carbocycles. The molecule has 3 aromatic rings. The van der Waals surface area contributed by atoms with Crippen molar-refractivity contribution in [3.63, 3.8) is 0 Å². The van der Waals surface area contributed by atoms with Crippen LogP contribution in [-0.2, 0) is 14.8 Å². The second-order valence-electron chi connectivity index (χ2n) is 7.91. The molecule has 3 aromatic carbocycles. The van der Waals surface area contributed by atoms with Crippen molar-refractivity contribution in [1.82, 2.24) is 0 Å². The Hall–Kier alpha value is -3.52. The van der Waals surface area contributed by atoms with Gasteiger partial charge in [-0.05, 0) is 54.8 Å². The number of fused-ring (bicyclic) bond motifs is 1. The number of rotatable bonds is 7. The van der Waals surface area contributed by atoms with Gasteiger partial charge >= 0.3 is 5.97 Å². The number of nitrogens with zero attached hydrogens (tertiary/aromatic N) is 1. The lowest BCUT2D eigenvalue weighted by atomic mass is 10.0. The third-order valence-electron chi connectivity index (χ3n) is 5.57. The van der Waals surface area contributed by atoms with Crippen LogP contribution in [0.1, 0.15) is 18.4 Å². The molecular formula is C25H25NO6S. The average molecular weight is 468 g/mol. The minimum Gasteiger partial charge on any atom is -0.496 e. The highest BCUT2D eigenvalue weighted by molar-refractivity contribution is 7.92. The predicted molar refractivity (Wildman–Crippen MR) is 125 cm³/mol. The average Bonchev–Trinajstić information content (AvgIpc) is 2.81. The van der Waals surface area contributed by atoms with Crippen molar-refractivity contribution in [2.75, 3.05) is 18.0 Å². The SMILES string of the molecule is COc1ccccc1-c1ccc2c(c1)N(S(=O)(=O)c1cccc(C)c1)C[C@H](CCC(=O)O)O2. The fourth-order valence-electron chi connectivity index (χ4n) is 3.93. The highest BCUT2D eigenvalue weighted by Gasteiger charge is 2.35. The molecule has 0 aromatic heterocycles. The largest absolute Gasteiger partial charge is 0.496 e. The molecule has 0 saturated carbocycles. The van der Waals surface area contributed by atoms with Crippen LogP contribution in [0.4, 0.5) is 5.69 Å². The van der Waals surface area contributed by atoms with E-state index in [9.17, 15) is 13.2 Å². The van der Waals surface area contributed by atoms with Crippen molar-refractivity contribution in [1.29, 1.82) is 0 Å². The van der Waals surface area contributed by atoms with Crippen LogP contribution in [0.25, 0.3) is 11.1 Å². The summed E-state index contributed by atoms with van der Waals surface area (Å²) >= 11 is 0. The van der Waals surface area contributed by atoms with Gasteiger partial charge in [-0.3, -0.25) is 9.10 Å².